The Morgan fingerprint density at radius 2 is 2.00 bits per heavy atom. The van der Waals surface area contributed by atoms with E-state index < -0.39 is 0 Å². The van der Waals surface area contributed by atoms with Gasteiger partial charge in [0.2, 0.25) is 5.91 Å². The van der Waals surface area contributed by atoms with E-state index in [9.17, 15) is 9.59 Å². The van der Waals surface area contributed by atoms with E-state index in [1.54, 1.807) is 30.5 Å². The molecule has 1 aromatic carbocycles. The molecule has 110 valence electrons. The monoisotopic (exact) mass is 288 g/mol. The smallest absolute Gasteiger partial charge is 0.246 e. The molecule has 2 N–H and O–H groups in total. The van der Waals surface area contributed by atoms with E-state index in [0.717, 1.165) is 0 Å². The normalized spacial score (nSPS) is 10.4. The summed E-state index contributed by atoms with van der Waals surface area (Å²) >= 11 is 0. The zero-order chi connectivity index (χ0) is 15.2. The molecule has 0 aliphatic rings. The highest BCUT2D eigenvalue weighted by molar-refractivity contribution is 5.95. The van der Waals surface area contributed by atoms with Crippen LogP contribution in [0.25, 0.3) is 0 Å². The van der Waals surface area contributed by atoms with Crippen molar-refractivity contribution in [1.29, 1.82) is 0 Å². The fraction of sp³-hybridized carbons (Fsp3) is 0.286. The second-order valence-corrected chi connectivity index (χ2v) is 4.56. The van der Waals surface area contributed by atoms with Crippen molar-refractivity contribution >= 4 is 17.4 Å². The van der Waals surface area contributed by atoms with Gasteiger partial charge in [0.05, 0.1) is 5.69 Å². The van der Waals surface area contributed by atoms with Crippen molar-refractivity contribution in [3.8, 4) is 0 Å². The second kappa shape index (κ2) is 6.76. The molecule has 0 saturated carbocycles. The lowest BCUT2D eigenvalue weighted by atomic mass is 10.1. The van der Waals surface area contributed by atoms with Crippen molar-refractivity contribution in [2.24, 2.45) is 0 Å². The zero-order valence-corrected chi connectivity index (χ0v) is 11.6. The number of aliphatic hydroxyl groups is 1. The lowest BCUT2D eigenvalue weighted by molar-refractivity contribution is -0.116. The summed E-state index contributed by atoms with van der Waals surface area (Å²) in [5.74, 6) is -0.266. The van der Waals surface area contributed by atoms with Crippen LogP contribution in [0.2, 0.25) is 0 Å². The van der Waals surface area contributed by atoms with Gasteiger partial charge in [-0.1, -0.05) is 5.21 Å². The van der Waals surface area contributed by atoms with E-state index in [-0.39, 0.29) is 24.8 Å². The standard InChI is InChI=1S/C14H16N4O3/c1-10(20)11-2-4-12(5-3-11)15-14(21)9-18-8-13(6-7-19)16-17-18/h2-5,8,19H,6-7,9H2,1H3,(H,15,21). The van der Waals surface area contributed by atoms with Crippen LogP contribution in [0.5, 0.6) is 0 Å². The Morgan fingerprint density at radius 1 is 1.29 bits per heavy atom. The maximum Gasteiger partial charge on any atom is 0.246 e. The highest BCUT2D eigenvalue weighted by Gasteiger charge is 2.07. The summed E-state index contributed by atoms with van der Waals surface area (Å²) in [7, 11) is 0. The number of nitrogens with zero attached hydrogens (tertiary/aromatic N) is 3. The molecule has 0 bridgehead atoms. The van der Waals surface area contributed by atoms with Gasteiger partial charge in [0.1, 0.15) is 6.54 Å². The second-order valence-electron chi connectivity index (χ2n) is 4.56. The van der Waals surface area contributed by atoms with Crippen molar-refractivity contribution in [2.45, 2.75) is 19.9 Å². The Hall–Kier alpha value is -2.54. The molecule has 1 amide bonds. The van der Waals surface area contributed by atoms with E-state index in [1.165, 1.54) is 11.6 Å². The largest absolute Gasteiger partial charge is 0.396 e. The number of nitrogens with one attached hydrogen (secondary N) is 1. The molecule has 1 aromatic heterocycles. The Labute approximate surface area is 121 Å². The molecule has 2 rings (SSSR count). The molecule has 0 unspecified atom stereocenters. The Morgan fingerprint density at radius 3 is 2.62 bits per heavy atom. The number of carbonyl (C=O) groups excluding carboxylic acids is 2. The molecule has 0 spiro atoms. The van der Waals surface area contributed by atoms with Gasteiger partial charge in [-0.25, -0.2) is 4.68 Å². The molecule has 1 heterocycles. The predicted octanol–water partition coefficient (Wildman–Crippen LogP) is 0.654. The molecule has 0 fully saturated rings. The summed E-state index contributed by atoms with van der Waals surface area (Å²) in [5, 5.41) is 19.1. The first-order valence-corrected chi connectivity index (χ1v) is 6.49. The van der Waals surface area contributed by atoms with Crippen molar-refractivity contribution in [2.75, 3.05) is 11.9 Å². The molecule has 0 radical (unpaired) electrons. The van der Waals surface area contributed by atoms with Gasteiger partial charge in [-0.05, 0) is 31.2 Å². The van der Waals surface area contributed by atoms with Crippen LogP contribution in [-0.4, -0.2) is 38.4 Å². The minimum atomic E-state index is -0.244. The van der Waals surface area contributed by atoms with Crippen molar-refractivity contribution < 1.29 is 14.7 Å². The molecular weight excluding hydrogens is 272 g/mol. The first-order valence-electron chi connectivity index (χ1n) is 6.49. The Balaban J connectivity index is 1.92. The van der Waals surface area contributed by atoms with Crippen LogP contribution >= 0.6 is 0 Å². The van der Waals surface area contributed by atoms with E-state index >= 15 is 0 Å². The number of anilines is 1. The average molecular weight is 288 g/mol. The summed E-state index contributed by atoms with van der Waals surface area (Å²) in [5.41, 5.74) is 1.84. The van der Waals surface area contributed by atoms with E-state index in [4.69, 9.17) is 5.11 Å². The molecule has 7 nitrogen and oxygen atoms in total. The van der Waals surface area contributed by atoms with Crippen molar-refractivity contribution in [1.82, 2.24) is 15.0 Å². The number of carbonyl (C=O) groups is 2. The zero-order valence-electron chi connectivity index (χ0n) is 11.6. The molecule has 7 heteroatoms. The number of Topliss-reactive ketones (excluding diaryl/α,β-unsaturated/α-hetero) is 1. The minimum absolute atomic E-state index is 0.00656. The Bertz CT molecular complexity index is 634. The first-order chi connectivity index (χ1) is 10.1. The number of aliphatic hydroxyl groups excluding tert-OH is 1. The van der Waals surface area contributed by atoms with Crippen LogP contribution in [0.15, 0.2) is 30.5 Å². The Kier molecular flexibility index (Phi) is 4.78. The van der Waals surface area contributed by atoms with Gasteiger partial charge in [-0.2, -0.15) is 0 Å². The maximum atomic E-state index is 11.9. The van der Waals surface area contributed by atoms with Crippen LogP contribution in [0.1, 0.15) is 23.0 Å². The number of benzene rings is 1. The maximum absolute atomic E-state index is 11.9. The molecule has 0 atom stereocenters. The van der Waals surface area contributed by atoms with E-state index in [2.05, 4.69) is 15.6 Å². The van der Waals surface area contributed by atoms with Gasteiger partial charge >= 0.3 is 0 Å². The van der Waals surface area contributed by atoms with Gasteiger partial charge in [-0.3, -0.25) is 9.59 Å². The third kappa shape index (κ3) is 4.22. The lowest BCUT2D eigenvalue weighted by Crippen LogP contribution is -2.19. The fourth-order valence-electron chi connectivity index (χ4n) is 1.78. The van der Waals surface area contributed by atoms with Crippen molar-refractivity contribution in [3.63, 3.8) is 0 Å². The molecular formula is C14H16N4O3. The van der Waals surface area contributed by atoms with Gasteiger partial charge in [0.25, 0.3) is 0 Å². The highest BCUT2D eigenvalue weighted by atomic mass is 16.3. The summed E-state index contributed by atoms with van der Waals surface area (Å²) in [6.45, 7) is 1.52. The number of amides is 1. The highest BCUT2D eigenvalue weighted by Crippen LogP contribution is 2.10. The average Bonchev–Trinajstić information content (AvgIpc) is 2.87. The number of ketones is 1. The number of rotatable bonds is 6. The molecule has 0 aliphatic heterocycles. The van der Waals surface area contributed by atoms with Crippen LogP contribution in [0, 0.1) is 0 Å². The third-order valence-corrected chi connectivity index (χ3v) is 2.83. The molecule has 21 heavy (non-hydrogen) atoms. The van der Waals surface area contributed by atoms with Gasteiger partial charge in [0.15, 0.2) is 5.78 Å². The summed E-state index contributed by atoms with van der Waals surface area (Å²) < 4.78 is 1.41. The van der Waals surface area contributed by atoms with E-state index in [1.807, 2.05) is 0 Å². The summed E-state index contributed by atoms with van der Waals surface area (Å²) in [6, 6.07) is 6.67. The summed E-state index contributed by atoms with van der Waals surface area (Å²) in [6.07, 6.45) is 2.03. The number of hydrogen-bond acceptors (Lipinski definition) is 5. The quantitative estimate of drug-likeness (QED) is 0.761. The van der Waals surface area contributed by atoms with Crippen LogP contribution in [-0.2, 0) is 17.8 Å². The van der Waals surface area contributed by atoms with Crippen LogP contribution in [0.4, 0.5) is 5.69 Å². The van der Waals surface area contributed by atoms with Crippen LogP contribution in [0.3, 0.4) is 0 Å². The number of aromatic nitrogens is 3. The lowest BCUT2D eigenvalue weighted by Gasteiger charge is -2.05. The topological polar surface area (TPSA) is 97.1 Å². The SMILES string of the molecule is CC(=O)c1ccc(NC(=O)Cn2cc(CCO)nn2)cc1. The molecule has 2 aromatic rings. The fourth-order valence-corrected chi connectivity index (χ4v) is 1.78. The molecule has 0 aliphatic carbocycles. The minimum Gasteiger partial charge on any atom is -0.396 e. The molecule has 0 saturated heterocycles. The summed E-state index contributed by atoms with van der Waals surface area (Å²) in [4.78, 5) is 23.0. The van der Waals surface area contributed by atoms with E-state index in [0.29, 0.717) is 23.4 Å². The first kappa shape index (κ1) is 14.9. The third-order valence-electron chi connectivity index (χ3n) is 2.83. The predicted molar refractivity (Wildman–Crippen MR) is 75.9 cm³/mol. The van der Waals surface area contributed by atoms with Crippen molar-refractivity contribution in [3.05, 3.63) is 41.7 Å². The van der Waals surface area contributed by atoms with Gasteiger partial charge < -0.3 is 10.4 Å². The van der Waals surface area contributed by atoms with Crippen LogP contribution < -0.4 is 5.32 Å². The van der Waals surface area contributed by atoms with Gasteiger partial charge in [-0.15, -0.1) is 5.10 Å². The number of hydrogen-bond donors (Lipinski definition) is 2. The van der Waals surface area contributed by atoms with Gasteiger partial charge in [0, 0.05) is 30.5 Å².